The van der Waals surface area contributed by atoms with Crippen molar-refractivity contribution in [1.82, 2.24) is 5.32 Å². The van der Waals surface area contributed by atoms with Crippen LogP contribution in [0.5, 0.6) is 5.75 Å². The number of carbonyl (C=O) groups is 2. The van der Waals surface area contributed by atoms with Gasteiger partial charge < -0.3 is 14.8 Å². The minimum Gasteiger partial charge on any atom is -0.494 e. The maximum atomic E-state index is 12.1. The molecule has 0 spiro atoms. The molecule has 1 aliphatic rings. The number of amides is 1. The minimum atomic E-state index is -0.199. The summed E-state index contributed by atoms with van der Waals surface area (Å²) in [4.78, 5) is 23.3. The Hall–Kier alpha value is -2.04. The first kappa shape index (κ1) is 17.3. The number of ether oxygens (including phenoxy) is 2. The molecule has 0 bridgehead atoms. The third kappa shape index (κ3) is 5.93. The molecular weight excluding hydrogens is 294 g/mol. The first-order valence-electron chi connectivity index (χ1n) is 8.38. The Morgan fingerprint density at radius 2 is 1.87 bits per heavy atom. The van der Waals surface area contributed by atoms with Gasteiger partial charge in [0.05, 0.1) is 13.2 Å². The predicted octanol–water partition coefficient (Wildman–Crippen LogP) is 3.08. The summed E-state index contributed by atoms with van der Waals surface area (Å²) in [7, 11) is 0. The van der Waals surface area contributed by atoms with Gasteiger partial charge in [-0.05, 0) is 50.5 Å². The van der Waals surface area contributed by atoms with E-state index in [-0.39, 0.29) is 11.9 Å². The highest BCUT2D eigenvalue weighted by Crippen LogP contribution is 2.19. The van der Waals surface area contributed by atoms with Crippen LogP contribution in [0.3, 0.4) is 0 Å². The average molecular weight is 319 g/mol. The number of hydrogen-bond donors (Lipinski definition) is 1. The molecule has 0 aromatic heterocycles. The lowest BCUT2D eigenvalue weighted by molar-refractivity contribution is -0.143. The van der Waals surface area contributed by atoms with Crippen LogP contribution in [0.2, 0.25) is 0 Å². The molecule has 0 aliphatic heterocycles. The van der Waals surface area contributed by atoms with E-state index < -0.39 is 0 Å². The number of carbonyl (C=O) groups excluding carboxylic acids is 2. The van der Waals surface area contributed by atoms with Gasteiger partial charge in [0.25, 0.3) is 5.91 Å². The Kier molecular flexibility index (Phi) is 6.91. The summed E-state index contributed by atoms with van der Waals surface area (Å²) >= 11 is 0. The molecule has 1 amide bonds. The van der Waals surface area contributed by atoms with Crippen LogP contribution >= 0.6 is 0 Å². The number of esters is 1. The molecule has 0 unspecified atom stereocenters. The van der Waals surface area contributed by atoms with Gasteiger partial charge in [-0.2, -0.15) is 0 Å². The van der Waals surface area contributed by atoms with Crippen LogP contribution in [0, 0.1) is 0 Å². The van der Waals surface area contributed by atoms with Crippen molar-refractivity contribution in [3.05, 3.63) is 29.8 Å². The summed E-state index contributed by atoms with van der Waals surface area (Å²) in [6.45, 7) is 2.65. The molecule has 1 aromatic rings. The number of benzene rings is 1. The zero-order chi connectivity index (χ0) is 16.5. The summed E-state index contributed by atoms with van der Waals surface area (Å²) < 4.78 is 10.4. The summed E-state index contributed by atoms with van der Waals surface area (Å²) in [6, 6.07) is 7.43. The van der Waals surface area contributed by atoms with E-state index in [0.29, 0.717) is 43.4 Å². The molecule has 0 atom stereocenters. The zero-order valence-electron chi connectivity index (χ0n) is 13.7. The fourth-order valence-corrected chi connectivity index (χ4v) is 2.68. The molecule has 0 saturated heterocycles. The van der Waals surface area contributed by atoms with Crippen LogP contribution in [0.25, 0.3) is 0 Å². The van der Waals surface area contributed by atoms with Gasteiger partial charge >= 0.3 is 5.97 Å². The van der Waals surface area contributed by atoms with E-state index in [1.54, 1.807) is 31.2 Å². The molecule has 23 heavy (non-hydrogen) atoms. The van der Waals surface area contributed by atoms with Crippen molar-refractivity contribution >= 4 is 11.9 Å². The average Bonchev–Trinajstić information content (AvgIpc) is 3.05. The largest absolute Gasteiger partial charge is 0.494 e. The fraction of sp³-hybridized carbons (Fsp3) is 0.556. The Morgan fingerprint density at radius 3 is 2.52 bits per heavy atom. The van der Waals surface area contributed by atoms with Crippen molar-refractivity contribution in [2.24, 2.45) is 0 Å². The lowest BCUT2D eigenvalue weighted by atomic mass is 10.1. The van der Waals surface area contributed by atoms with E-state index in [9.17, 15) is 9.59 Å². The SMILES string of the molecule is CCOC(=O)CCCOc1ccc(C(=O)NC2CCCC2)cc1. The van der Waals surface area contributed by atoms with Gasteiger partial charge in [-0.15, -0.1) is 0 Å². The highest BCUT2D eigenvalue weighted by molar-refractivity contribution is 5.94. The fourth-order valence-electron chi connectivity index (χ4n) is 2.68. The van der Waals surface area contributed by atoms with Crippen molar-refractivity contribution in [2.75, 3.05) is 13.2 Å². The molecule has 1 aromatic carbocycles. The number of rotatable bonds is 8. The van der Waals surface area contributed by atoms with Crippen LogP contribution in [0.1, 0.15) is 55.8 Å². The molecule has 0 heterocycles. The van der Waals surface area contributed by atoms with Gasteiger partial charge in [0, 0.05) is 18.0 Å². The second kappa shape index (κ2) is 9.18. The van der Waals surface area contributed by atoms with Gasteiger partial charge in [0.1, 0.15) is 5.75 Å². The second-order valence-corrected chi connectivity index (χ2v) is 5.74. The van der Waals surface area contributed by atoms with Crippen LogP contribution in [0.15, 0.2) is 24.3 Å². The Labute approximate surface area is 137 Å². The van der Waals surface area contributed by atoms with Crippen molar-refractivity contribution in [2.45, 2.75) is 51.5 Å². The molecule has 1 saturated carbocycles. The van der Waals surface area contributed by atoms with Crippen LogP contribution < -0.4 is 10.1 Å². The maximum absolute atomic E-state index is 12.1. The van der Waals surface area contributed by atoms with E-state index in [0.717, 1.165) is 12.8 Å². The molecule has 5 heteroatoms. The van der Waals surface area contributed by atoms with Gasteiger partial charge in [-0.3, -0.25) is 9.59 Å². The van der Waals surface area contributed by atoms with Gasteiger partial charge in [-0.1, -0.05) is 12.8 Å². The van der Waals surface area contributed by atoms with E-state index in [2.05, 4.69) is 5.32 Å². The number of hydrogen-bond acceptors (Lipinski definition) is 4. The van der Waals surface area contributed by atoms with Crippen LogP contribution in [0.4, 0.5) is 0 Å². The third-order valence-electron chi connectivity index (χ3n) is 3.91. The summed E-state index contributed by atoms with van der Waals surface area (Å²) in [5.41, 5.74) is 0.649. The molecule has 1 aliphatic carbocycles. The summed E-state index contributed by atoms with van der Waals surface area (Å²) in [6.07, 6.45) is 5.52. The maximum Gasteiger partial charge on any atom is 0.305 e. The smallest absolute Gasteiger partial charge is 0.305 e. The molecule has 1 fully saturated rings. The van der Waals surface area contributed by atoms with E-state index in [1.807, 2.05) is 0 Å². The second-order valence-electron chi connectivity index (χ2n) is 5.74. The van der Waals surface area contributed by atoms with E-state index in [1.165, 1.54) is 12.8 Å². The summed E-state index contributed by atoms with van der Waals surface area (Å²) in [5.74, 6) is 0.479. The van der Waals surface area contributed by atoms with E-state index in [4.69, 9.17) is 9.47 Å². The monoisotopic (exact) mass is 319 g/mol. The lowest BCUT2D eigenvalue weighted by Gasteiger charge is -2.12. The zero-order valence-corrected chi connectivity index (χ0v) is 13.7. The highest BCUT2D eigenvalue weighted by atomic mass is 16.5. The van der Waals surface area contributed by atoms with Crippen molar-refractivity contribution in [3.63, 3.8) is 0 Å². The molecule has 0 radical (unpaired) electrons. The van der Waals surface area contributed by atoms with Crippen molar-refractivity contribution in [1.29, 1.82) is 0 Å². The van der Waals surface area contributed by atoms with Gasteiger partial charge in [0.2, 0.25) is 0 Å². The molecular formula is C18H25NO4. The molecule has 126 valence electrons. The highest BCUT2D eigenvalue weighted by Gasteiger charge is 2.17. The van der Waals surface area contributed by atoms with Gasteiger partial charge in [0.15, 0.2) is 0 Å². The van der Waals surface area contributed by atoms with E-state index >= 15 is 0 Å². The normalized spacial score (nSPS) is 14.5. The van der Waals surface area contributed by atoms with Crippen LogP contribution in [-0.2, 0) is 9.53 Å². The predicted molar refractivity (Wildman–Crippen MR) is 87.5 cm³/mol. The van der Waals surface area contributed by atoms with Crippen molar-refractivity contribution < 1.29 is 19.1 Å². The Morgan fingerprint density at radius 1 is 1.17 bits per heavy atom. The van der Waals surface area contributed by atoms with Crippen LogP contribution in [-0.4, -0.2) is 31.1 Å². The first-order chi connectivity index (χ1) is 11.2. The topological polar surface area (TPSA) is 64.6 Å². The summed E-state index contributed by atoms with van der Waals surface area (Å²) in [5, 5.41) is 3.06. The van der Waals surface area contributed by atoms with Gasteiger partial charge in [-0.25, -0.2) is 0 Å². The Bertz CT molecular complexity index is 506. The first-order valence-corrected chi connectivity index (χ1v) is 8.38. The third-order valence-corrected chi connectivity index (χ3v) is 3.91. The molecule has 5 nitrogen and oxygen atoms in total. The van der Waals surface area contributed by atoms with Crippen molar-refractivity contribution in [3.8, 4) is 5.75 Å². The quantitative estimate of drug-likeness (QED) is 0.591. The molecule has 1 N–H and O–H groups in total. The standard InChI is InChI=1S/C18H25NO4/c1-2-22-17(20)8-5-13-23-16-11-9-14(10-12-16)18(21)19-15-6-3-4-7-15/h9-12,15H,2-8,13H2,1H3,(H,19,21). The minimum absolute atomic E-state index is 0.0224. The number of nitrogens with one attached hydrogen (secondary N) is 1. The lowest BCUT2D eigenvalue weighted by Crippen LogP contribution is -2.32. The molecule has 2 rings (SSSR count). The Balaban J connectivity index is 1.71.